The number of aromatic carboxylic acids is 1. The summed E-state index contributed by atoms with van der Waals surface area (Å²) in [6.45, 7) is 2.28. The van der Waals surface area contributed by atoms with Gasteiger partial charge in [-0.05, 0) is 48.2 Å². The number of hydrogen-bond acceptors (Lipinski definition) is 6. The highest BCUT2D eigenvalue weighted by molar-refractivity contribution is 8.00. The van der Waals surface area contributed by atoms with Gasteiger partial charge in [0, 0.05) is 22.7 Å². The van der Waals surface area contributed by atoms with Gasteiger partial charge in [0.2, 0.25) is 0 Å². The Morgan fingerprint density at radius 2 is 1.83 bits per heavy atom. The first-order chi connectivity index (χ1) is 13.8. The Hall–Kier alpha value is -3.52. The molecule has 0 unspecified atom stereocenters. The smallest absolute Gasteiger partial charge is 0.339 e. The Kier molecular flexibility index (Phi) is 6.04. The molecule has 2 N–H and O–H groups in total. The molecule has 0 saturated carbocycles. The number of rotatable bonds is 7. The van der Waals surface area contributed by atoms with Crippen molar-refractivity contribution in [1.82, 2.24) is 0 Å². The van der Waals surface area contributed by atoms with Crippen LogP contribution < -0.4 is 4.31 Å². The number of aromatic hydroxyl groups is 1. The summed E-state index contributed by atoms with van der Waals surface area (Å²) in [4.78, 5) is 22.8. The van der Waals surface area contributed by atoms with Gasteiger partial charge in [0.25, 0.3) is 5.69 Å². The summed E-state index contributed by atoms with van der Waals surface area (Å²) in [6, 6.07) is 18.5. The molecule has 3 aromatic carbocycles. The fourth-order valence-corrected chi connectivity index (χ4v) is 3.75. The highest BCUT2D eigenvalue weighted by Crippen LogP contribution is 2.36. The number of aryl methyl sites for hydroxylation is 1. The van der Waals surface area contributed by atoms with E-state index in [2.05, 4.69) is 0 Å². The van der Waals surface area contributed by atoms with Crippen molar-refractivity contribution in [1.29, 1.82) is 0 Å². The van der Waals surface area contributed by atoms with Gasteiger partial charge in [-0.3, -0.25) is 10.1 Å². The second-order valence-corrected chi connectivity index (χ2v) is 7.39. The lowest BCUT2D eigenvalue weighted by Crippen LogP contribution is -2.15. The van der Waals surface area contributed by atoms with Crippen LogP contribution >= 0.6 is 11.9 Å². The number of carbonyl (C=O) groups is 1. The highest BCUT2D eigenvalue weighted by atomic mass is 32.2. The number of nitro groups is 1. The zero-order chi connectivity index (χ0) is 21.0. The molecule has 0 saturated heterocycles. The molecule has 8 heteroatoms. The van der Waals surface area contributed by atoms with Crippen LogP contribution in [0.3, 0.4) is 0 Å². The Bertz CT molecular complexity index is 1060. The molecule has 0 amide bonds. The molecule has 0 atom stereocenters. The molecule has 0 heterocycles. The molecule has 0 radical (unpaired) electrons. The minimum Gasteiger partial charge on any atom is -0.507 e. The number of non-ortho nitro benzene ring substituents is 1. The van der Waals surface area contributed by atoms with Crippen molar-refractivity contribution in [3.8, 4) is 5.75 Å². The molecule has 0 aromatic heterocycles. The van der Waals surface area contributed by atoms with Crippen LogP contribution in [0.1, 0.15) is 21.5 Å². The van der Waals surface area contributed by atoms with Crippen molar-refractivity contribution < 1.29 is 19.9 Å². The van der Waals surface area contributed by atoms with Crippen LogP contribution in [0.2, 0.25) is 0 Å². The summed E-state index contributed by atoms with van der Waals surface area (Å²) in [6.07, 6.45) is 0. The third kappa shape index (κ3) is 4.85. The molecule has 0 aliphatic heterocycles. The van der Waals surface area contributed by atoms with Crippen LogP contribution in [0.5, 0.6) is 5.75 Å². The molecule has 0 aliphatic carbocycles. The van der Waals surface area contributed by atoms with Gasteiger partial charge in [-0.1, -0.05) is 36.4 Å². The normalized spacial score (nSPS) is 10.5. The molecule has 0 fully saturated rings. The van der Waals surface area contributed by atoms with E-state index >= 15 is 0 Å². The van der Waals surface area contributed by atoms with Gasteiger partial charge >= 0.3 is 5.97 Å². The molecule has 148 valence electrons. The van der Waals surface area contributed by atoms with Crippen LogP contribution in [0.15, 0.2) is 71.6 Å². The highest BCUT2D eigenvalue weighted by Gasteiger charge is 2.18. The minimum absolute atomic E-state index is 0.0188. The number of carboxylic acid groups (broad SMARTS) is 1. The molecule has 29 heavy (non-hydrogen) atoms. The van der Waals surface area contributed by atoms with Gasteiger partial charge in [-0.2, -0.15) is 0 Å². The van der Waals surface area contributed by atoms with Gasteiger partial charge in [0.1, 0.15) is 11.3 Å². The first kappa shape index (κ1) is 20.2. The standard InChI is InChI=1S/C21H18N2O5S/c1-14-7-8-17(23(27)28)12-20(14)29-22(13-15-5-3-2-4-6-15)16-9-10-19(24)18(11-16)21(25)26/h2-12,24H,13H2,1H3,(H,25,26). The lowest BCUT2D eigenvalue weighted by molar-refractivity contribution is -0.385. The van der Waals surface area contributed by atoms with Gasteiger partial charge in [0.05, 0.1) is 11.5 Å². The summed E-state index contributed by atoms with van der Waals surface area (Å²) in [7, 11) is 0. The maximum atomic E-state index is 11.4. The zero-order valence-corrected chi connectivity index (χ0v) is 16.3. The van der Waals surface area contributed by atoms with Crippen LogP contribution in [-0.2, 0) is 6.54 Å². The van der Waals surface area contributed by atoms with Crippen molar-refractivity contribution in [2.45, 2.75) is 18.4 Å². The van der Waals surface area contributed by atoms with Crippen molar-refractivity contribution in [2.75, 3.05) is 4.31 Å². The average molecular weight is 410 g/mol. The Morgan fingerprint density at radius 3 is 2.48 bits per heavy atom. The number of carboxylic acids is 1. The van der Waals surface area contributed by atoms with Crippen molar-refractivity contribution in [2.24, 2.45) is 0 Å². The Balaban J connectivity index is 2.02. The zero-order valence-electron chi connectivity index (χ0n) is 15.5. The van der Waals surface area contributed by atoms with E-state index in [0.29, 0.717) is 17.1 Å². The van der Waals surface area contributed by atoms with Crippen molar-refractivity contribution in [3.05, 3.63) is 93.5 Å². The summed E-state index contributed by atoms with van der Waals surface area (Å²) >= 11 is 1.28. The SMILES string of the molecule is Cc1ccc([N+](=O)[O-])cc1SN(Cc1ccccc1)c1ccc(O)c(C(=O)O)c1. The third-order valence-corrected chi connectivity index (χ3v) is 5.46. The van der Waals surface area contributed by atoms with E-state index in [1.807, 2.05) is 41.6 Å². The van der Waals surface area contributed by atoms with Crippen LogP contribution in [-0.4, -0.2) is 21.1 Å². The quantitative estimate of drug-likeness (QED) is 0.320. The van der Waals surface area contributed by atoms with Crippen LogP contribution in [0.4, 0.5) is 11.4 Å². The molecule has 0 spiro atoms. The molecule has 0 bridgehead atoms. The monoisotopic (exact) mass is 410 g/mol. The van der Waals surface area contributed by atoms with Crippen LogP contribution in [0, 0.1) is 17.0 Å². The second-order valence-electron chi connectivity index (χ2n) is 6.33. The van der Waals surface area contributed by atoms with Crippen molar-refractivity contribution in [3.63, 3.8) is 0 Å². The minimum atomic E-state index is -1.24. The number of phenols is 1. The number of anilines is 1. The maximum absolute atomic E-state index is 11.4. The maximum Gasteiger partial charge on any atom is 0.339 e. The van der Waals surface area contributed by atoms with Gasteiger partial charge in [-0.15, -0.1) is 0 Å². The van der Waals surface area contributed by atoms with E-state index in [1.165, 1.54) is 36.2 Å². The van der Waals surface area contributed by atoms with E-state index in [1.54, 1.807) is 12.1 Å². The average Bonchev–Trinajstić information content (AvgIpc) is 2.70. The fraction of sp³-hybridized carbons (Fsp3) is 0.0952. The van der Waals surface area contributed by atoms with E-state index in [-0.39, 0.29) is 17.0 Å². The van der Waals surface area contributed by atoms with E-state index in [9.17, 15) is 25.1 Å². The first-order valence-corrected chi connectivity index (χ1v) is 9.43. The molecular formula is C21H18N2O5S. The fourth-order valence-electron chi connectivity index (χ4n) is 2.70. The van der Waals surface area contributed by atoms with Gasteiger partial charge in [0.15, 0.2) is 0 Å². The molecule has 3 aromatic rings. The second kappa shape index (κ2) is 8.66. The largest absolute Gasteiger partial charge is 0.507 e. The molecular weight excluding hydrogens is 392 g/mol. The molecule has 3 rings (SSSR count). The summed E-state index contributed by atoms with van der Waals surface area (Å²) < 4.78 is 1.84. The number of nitro benzene ring substituents is 1. The van der Waals surface area contributed by atoms with Crippen LogP contribution in [0.25, 0.3) is 0 Å². The number of benzene rings is 3. The summed E-state index contributed by atoms with van der Waals surface area (Å²) in [5.41, 5.74) is 2.16. The Labute approximate surface area is 171 Å². The predicted octanol–water partition coefficient (Wildman–Crippen LogP) is 5.02. The van der Waals surface area contributed by atoms with Gasteiger partial charge < -0.3 is 14.5 Å². The topological polar surface area (TPSA) is 104 Å². The predicted molar refractivity (Wildman–Crippen MR) is 111 cm³/mol. The Morgan fingerprint density at radius 1 is 1.10 bits per heavy atom. The van der Waals surface area contributed by atoms with Gasteiger partial charge in [-0.25, -0.2) is 4.79 Å². The number of hydrogen-bond donors (Lipinski definition) is 2. The van der Waals surface area contributed by atoms with E-state index in [0.717, 1.165) is 11.1 Å². The van der Waals surface area contributed by atoms with Crippen molar-refractivity contribution >= 4 is 29.3 Å². The number of nitrogens with zero attached hydrogens (tertiary/aromatic N) is 2. The lowest BCUT2D eigenvalue weighted by Gasteiger charge is -2.25. The van der Waals surface area contributed by atoms with E-state index in [4.69, 9.17) is 0 Å². The molecule has 0 aliphatic rings. The lowest BCUT2D eigenvalue weighted by atomic mass is 10.1. The first-order valence-electron chi connectivity index (χ1n) is 8.66. The summed E-state index contributed by atoms with van der Waals surface area (Å²) in [5, 5.41) is 30.3. The van der Waals surface area contributed by atoms with E-state index < -0.39 is 10.9 Å². The molecule has 7 nitrogen and oxygen atoms in total. The third-order valence-electron chi connectivity index (χ3n) is 4.26. The summed E-state index contributed by atoms with van der Waals surface area (Å²) in [5.74, 6) is -1.56.